The van der Waals surface area contributed by atoms with Crippen molar-refractivity contribution in [1.82, 2.24) is 10.3 Å². The molecule has 0 saturated heterocycles. The summed E-state index contributed by atoms with van der Waals surface area (Å²) in [5.74, 6) is 4.30. The molecule has 0 radical (unpaired) electrons. The lowest BCUT2D eigenvalue weighted by Gasteiger charge is -2.46. The Labute approximate surface area is 209 Å². The molecular weight excluding hydrogens is 466 g/mol. The first-order valence-electron chi connectivity index (χ1n) is 11.4. The van der Waals surface area contributed by atoms with E-state index in [4.69, 9.17) is 5.73 Å². The second kappa shape index (κ2) is 10.6. The van der Waals surface area contributed by atoms with E-state index in [0.717, 1.165) is 24.6 Å². The van der Waals surface area contributed by atoms with Gasteiger partial charge in [0.25, 0.3) is 0 Å². The van der Waals surface area contributed by atoms with E-state index in [1.54, 1.807) is 39.1 Å². The van der Waals surface area contributed by atoms with E-state index in [1.165, 1.54) is 24.4 Å². The van der Waals surface area contributed by atoms with E-state index >= 15 is 8.78 Å². The van der Waals surface area contributed by atoms with E-state index in [0.29, 0.717) is 11.1 Å². The van der Waals surface area contributed by atoms with Crippen molar-refractivity contribution in [1.29, 1.82) is 0 Å². The van der Waals surface area contributed by atoms with Crippen LogP contribution in [-0.2, 0) is 10.3 Å². The number of aromatic nitrogens is 1. The maximum absolute atomic E-state index is 15.1. The number of nitrogens with zero attached hydrogens (tertiary/aromatic N) is 2. The number of amidine groups is 1. The summed E-state index contributed by atoms with van der Waals surface area (Å²) in [5.41, 5.74) is 6.49. The van der Waals surface area contributed by atoms with Crippen LogP contribution in [0.15, 0.2) is 41.5 Å². The van der Waals surface area contributed by atoms with Crippen molar-refractivity contribution in [3.63, 3.8) is 0 Å². The average molecular weight is 497 g/mol. The summed E-state index contributed by atoms with van der Waals surface area (Å²) >= 11 is 1.16. The Kier molecular flexibility index (Phi) is 8.01. The number of hydrogen-bond acceptors (Lipinski definition) is 5. The molecule has 0 unspecified atom stereocenters. The zero-order chi connectivity index (χ0) is 25.8. The molecule has 3 N–H and O–H groups in total. The van der Waals surface area contributed by atoms with Crippen molar-refractivity contribution in [3.05, 3.63) is 64.7 Å². The number of aliphatic imine (C=N–C) groups is 1. The molecule has 0 bridgehead atoms. The normalized spacial score (nSPS) is 24.3. The number of carbonyl (C=O) groups is 1. The quantitative estimate of drug-likeness (QED) is 0.554. The van der Waals surface area contributed by atoms with Gasteiger partial charge in [-0.2, -0.15) is 0 Å². The fourth-order valence-electron chi connectivity index (χ4n) is 4.11. The van der Waals surface area contributed by atoms with Crippen LogP contribution in [0, 0.1) is 23.6 Å². The predicted octanol–water partition coefficient (Wildman–Crippen LogP) is 5.26. The second-order valence-electron chi connectivity index (χ2n) is 8.82. The van der Waals surface area contributed by atoms with Gasteiger partial charge in [0.15, 0.2) is 5.17 Å². The van der Waals surface area contributed by atoms with Crippen LogP contribution >= 0.6 is 11.8 Å². The number of benzene rings is 1. The summed E-state index contributed by atoms with van der Waals surface area (Å²) in [6.07, 6.45) is 4.58. The minimum absolute atomic E-state index is 0.153. The van der Waals surface area contributed by atoms with Crippen molar-refractivity contribution in [2.45, 2.75) is 50.8 Å². The Morgan fingerprint density at radius 2 is 2.06 bits per heavy atom. The van der Waals surface area contributed by atoms with Gasteiger partial charge in [-0.1, -0.05) is 43.5 Å². The first-order chi connectivity index (χ1) is 16.5. The Bertz CT molecular complexity index is 1230. The van der Waals surface area contributed by atoms with Crippen LogP contribution in [0.1, 0.15) is 62.9 Å². The molecule has 35 heavy (non-hydrogen) atoms. The molecule has 0 fully saturated rings. The predicted molar refractivity (Wildman–Crippen MR) is 140 cm³/mol. The standard InChI is InChI=1S/C27H30F2N4OS/c1-6-7-8-9-18-11-13-23(32-16-18)22(29)15-19-10-12-21(28)20(14-19)26(3)17(2)27(4,24(34)31-5)35-25(30)33-26/h10-17H,6-7H2,1-5H3,(H2,30,33)(H,31,34)/b22-15-/t17-,26-,27-/m0/s1. The molecule has 1 aliphatic rings. The van der Waals surface area contributed by atoms with Crippen LogP contribution in [0.3, 0.4) is 0 Å². The number of hydrogen-bond donors (Lipinski definition) is 2. The number of amides is 1. The van der Waals surface area contributed by atoms with Crippen molar-refractivity contribution >= 4 is 34.7 Å². The summed E-state index contributed by atoms with van der Waals surface area (Å²) in [4.78, 5) is 21.4. The number of pyridine rings is 1. The Morgan fingerprint density at radius 3 is 2.69 bits per heavy atom. The van der Waals surface area contributed by atoms with Crippen molar-refractivity contribution in [3.8, 4) is 11.8 Å². The van der Waals surface area contributed by atoms with E-state index in [-0.39, 0.29) is 22.3 Å². The molecule has 2 heterocycles. The van der Waals surface area contributed by atoms with Crippen LogP contribution in [0.5, 0.6) is 0 Å². The monoisotopic (exact) mass is 496 g/mol. The highest BCUT2D eigenvalue weighted by atomic mass is 32.2. The molecule has 8 heteroatoms. The molecular formula is C27H30F2N4OS. The summed E-state index contributed by atoms with van der Waals surface area (Å²) in [6, 6.07) is 7.59. The highest BCUT2D eigenvalue weighted by Crippen LogP contribution is 2.50. The molecule has 3 atom stereocenters. The maximum Gasteiger partial charge on any atom is 0.236 e. The summed E-state index contributed by atoms with van der Waals surface area (Å²) in [7, 11) is 1.55. The van der Waals surface area contributed by atoms with E-state index in [9.17, 15) is 4.79 Å². The number of unbranched alkanes of at least 4 members (excludes halogenated alkanes) is 1. The molecule has 1 amide bonds. The number of carbonyl (C=O) groups excluding carboxylic acids is 1. The van der Waals surface area contributed by atoms with Crippen molar-refractivity contribution in [2.24, 2.45) is 16.6 Å². The third-order valence-corrected chi connectivity index (χ3v) is 7.71. The highest BCUT2D eigenvalue weighted by Gasteiger charge is 2.53. The molecule has 1 aliphatic heterocycles. The fraction of sp³-hybridized carbons (Fsp3) is 0.370. The number of nitrogens with two attached hydrogens (primary N) is 1. The number of nitrogens with one attached hydrogen (secondary N) is 1. The van der Waals surface area contributed by atoms with E-state index in [1.807, 2.05) is 13.8 Å². The largest absolute Gasteiger partial charge is 0.378 e. The Hall–Kier alpha value is -3.18. The Morgan fingerprint density at radius 1 is 1.31 bits per heavy atom. The lowest BCUT2D eigenvalue weighted by molar-refractivity contribution is -0.124. The van der Waals surface area contributed by atoms with Crippen molar-refractivity contribution in [2.75, 3.05) is 7.05 Å². The molecule has 3 rings (SSSR count). The maximum atomic E-state index is 15.1. The third-order valence-electron chi connectivity index (χ3n) is 6.45. The average Bonchev–Trinajstić information content (AvgIpc) is 2.83. The molecule has 0 aliphatic carbocycles. The van der Waals surface area contributed by atoms with Crippen LogP contribution in [0.4, 0.5) is 8.78 Å². The van der Waals surface area contributed by atoms with Crippen LogP contribution in [-0.4, -0.2) is 27.9 Å². The molecule has 0 spiro atoms. The van der Waals surface area contributed by atoms with Gasteiger partial charge in [0.05, 0.1) is 11.2 Å². The summed E-state index contributed by atoms with van der Waals surface area (Å²) in [6.45, 7) is 7.40. The van der Waals surface area contributed by atoms with Gasteiger partial charge < -0.3 is 11.1 Å². The first-order valence-corrected chi connectivity index (χ1v) is 12.3. The molecule has 0 saturated carbocycles. The highest BCUT2D eigenvalue weighted by molar-refractivity contribution is 8.15. The molecule has 2 aromatic rings. The van der Waals surface area contributed by atoms with Gasteiger partial charge in [0.1, 0.15) is 16.4 Å². The topological polar surface area (TPSA) is 80.4 Å². The zero-order valence-electron chi connectivity index (χ0n) is 20.6. The third kappa shape index (κ3) is 5.40. The number of halogens is 2. The van der Waals surface area contributed by atoms with E-state index < -0.39 is 27.8 Å². The lowest BCUT2D eigenvalue weighted by atomic mass is 9.73. The number of thioether (sulfide) groups is 1. The first kappa shape index (κ1) is 26.4. The molecule has 1 aromatic heterocycles. The van der Waals surface area contributed by atoms with Gasteiger partial charge in [-0.25, -0.2) is 8.78 Å². The minimum atomic E-state index is -1.14. The van der Waals surface area contributed by atoms with Crippen molar-refractivity contribution < 1.29 is 13.6 Å². The van der Waals surface area contributed by atoms with Gasteiger partial charge >= 0.3 is 0 Å². The molecule has 5 nitrogen and oxygen atoms in total. The van der Waals surface area contributed by atoms with Gasteiger partial charge in [-0.05, 0) is 56.2 Å². The van der Waals surface area contributed by atoms with Crippen LogP contribution < -0.4 is 11.1 Å². The number of rotatable bonds is 5. The lowest BCUT2D eigenvalue weighted by Crippen LogP contribution is -2.55. The van der Waals surface area contributed by atoms with Gasteiger partial charge in [0, 0.05) is 36.7 Å². The Balaban J connectivity index is 1.98. The van der Waals surface area contributed by atoms with Gasteiger partial charge in [-0.3, -0.25) is 14.8 Å². The smallest absolute Gasteiger partial charge is 0.236 e. The van der Waals surface area contributed by atoms with Gasteiger partial charge in [0.2, 0.25) is 5.91 Å². The SMILES string of the molecule is CCCC#Cc1ccc(/C(F)=C/c2ccc(F)c([C@@]3(C)N=C(N)S[C@](C)(C(=O)NC)[C@H]3C)c2)nc1. The molecule has 1 aromatic carbocycles. The second-order valence-corrected chi connectivity index (χ2v) is 10.3. The zero-order valence-corrected chi connectivity index (χ0v) is 21.4. The fourth-order valence-corrected chi connectivity index (χ4v) is 5.39. The minimum Gasteiger partial charge on any atom is -0.378 e. The van der Waals surface area contributed by atoms with Gasteiger partial charge in [-0.15, -0.1) is 0 Å². The summed E-state index contributed by atoms with van der Waals surface area (Å²) < 4.78 is 29.1. The van der Waals surface area contributed by atoms with Crippen LogP contribution in [0.2, 0.25) is 0 Å². The molecule has 184 valence electrons. The van der Waals surface area contributed by atoms with Crippen LogP contribution in [0.25, 0.3) is 11.9 Å². The van der Waals surface area contributed by atoms with E-state index in [2.05, 4.69) is 27.1 Å². The summed E-state index contributed by atoms with van der Waals surface area (Å²) in [5, 5.41) is 2.85.